The van der Waals surface area contributed by atoms with Gasteiger partial charge in [0.05, 0.1) is 19.8 Å². The maximum atomic E-state index is 8.81. The van der Waals surface area contributed by atoms with E-state index >= 15 is 0 Å². The lowest BCUT2D eigenvalue weighted by Crippen LogP contribution is -2.60. The minimum atomic E-state index is -1.22. The van der Waals surface area contributed by atoms with Gasteiger partial charge in [-0.3, -0.25) is 0 Å². The second kappa shape index (κ2) is 5.22. The topological polar surface area (TPSA) is 111 Å². The zero-order chi connectivity index (χ0) is 9.61. The molecule has 6 nitrogen and oxygen atoms in total. The molecule has 0 aromatic heterocycles. The maximum Gasteiger partial charge on any atom is 0.181 e. The molecule has 7 heteroatoms. The third kappa shape index (κ3) is 2.88. The Bertz CT molecular complexity index is 143. The Balaban J connectivity index is 4.19. The average Bonchev–Trinajstić information content (AvgIpc) is 2.14. The van der Waals surface area contributed by atoms with Crippen molar-refractivity contribution < 1.29 is 15.3 Å². The largest absolute Gasteiger partial charge is 0.394 e. The SMILES string of the molecule is NNC(=S)NC(CO)(CO)CO. The molecule has 0 rings (SSSR count). The monoisotopic (exact) mass is 195 g/mol. The molecule has 0 bridgehead atoms. The van der Waals surface area contributed by atoms with Gasteiger partial charge in [0.1, 0.15) is 5.54 Å². The van der Waals surface area contributed by atoms with Crippen molar-refractivity contribution in [1.82, 2.24) is 10.7 Å². The summed E-state index contributed by atoms with van der Waals surface area (Å²) < 4.78 is 0. The van der Waals surface area contributed by atoms with Gasteiger partial charge in [0, 0.05) is 0 Å². The number of nitrogens with two attached hydrogens (primary N) is 1. The van der Waals surface area contributed by atoms with Gasteiger partial charge in [-0.05, 0) is 12.2 Å². The summed E-state index contributed by atoms with van der Waals surface area (Å²) in [5, 5.41) is 29.0. The van der Waals surface area contributed by atoms with Crippen molar-refractivity contribution >= 4 is 17.3 Å². The third-order valence-corrected chi connectivity index (χ3v) is 1.64. The van der Waals surface area contributed by atoms with Crippen LogP contribution in [0.3, 0.4) is 0 Å². The first kappa shape index (κ1) is 11.5. The minimum absolute atomic E-state index is 0.0483. The fourth-order valence-corrected chi connectivity index (χ4v) is 0.762. The van der Waals surface area contributed by atoms with Crippen LogP contribution in [0.4, 0.5) is 0 Å². The van der Waals surface area contributed by atoms with E-state index in [-0.39, 0.29) is 5.11 Å². The fraction of sp³-hybridized carbons (Fsp3) is 0.800. The highest BCUT2D eigenvalue weighted by Gasteiger charge is 2.28. The van der Waals surface area contributed by atoms with Crippen LogP contribution in [-0.2, 0) is 0 Å². The average molecular weight is 195 g/mol. The first-order valence-corrected chi connectivity index (χ1v) is 3.66. The van der Waals surface area contributed by atoms with Crippen LogP contribution in [0.1, 0.15) is 0 Å². The quantitative estimate of drug-likeness (QED) is 0.161. The highest BCUT2D eigenvalue weighted by molar-refractivity contribution is 7.80. The van der Waals surface area contributed by atoms with Crippen molar-refractivity contribution in [1.29, 1.82) is 0 Å². The molecular weight excluding hydrogens is 182 g/mol. The van der Waals surface area contributed by atoms with Crippen molar-refractivity contribution in [3.63, 3.8) is 0 Å². The van der Waals surface area contributed by atoms with Gasteiger partial charge in [0.25, 0.3) is 0 Å². The molecule has 0 atom stereocenters. The number of nitrogens with one attached hydrogen (secondary N) is 2. The Hall–Kier alpha value is -0.470. The summed E-state index contributed by atoms with van der Waals surface area (Å²) in [6.45, 7) is -1.33. The molecule has 0 saturated carbocycles. The number of hydrazine groups is 1. The lowest BCUT2D eigenvalue weighted by atomic mass is 10.0. The van der Waals surface area contributed by atoms with Gasteiger partial charge in [-0.2, -0.15) is 0 Å². The van der Waals surface area contributed by atoms with Gasteiger partial charge < -0.3 is 26.1 Å². The van der Waals surface area contributed by atoms with E-state index in [2.05, 4.69) is 23.0 Å². The molecule has 0 unspecified atom stereocenters. The first-order chi connectivity index (χ1) is 5.64. The predicted molar refractivity (Wildman–Crippen MR) is 47.0 cm³/mol. The van der Waals surface area contributed by atoms with Crippen molar-refractivity contribution in [2.24, 2.45) is 5.84 Å². The molecular formula is C5H13N3O3S. The van der Waals surface area contributed by atoms with E-state index < -0.39 is 25.4 Å². The van der Waals surface area contributed by atoms with E-state index in [9.17, 15) is 0 Å². The number of hydrogen-bond acceptors (Lipinski definition) is 5. The normalized spacial score (nSPS) is 11.0. The molecule has 0 aromatic carbocycles. The van der Waals surface area contributed by atoms with E-state index in [4.69, 9.17) is 21.2 Å². The van der Waals surface area contributed by atoms with Crippen molar-refractivity contribution in [2.75, 3.05) is 19.8 Å². The number of thiocarbonyl (C=S) groups is 1. The van der Waals surface area contributed by atoms with Gasteiger partial charge in [0.15, 0.2) is 5.11 Å². The summed E-state index contributed by atoms with van der Waals surface area (Å²) in [4.78, 5) is 0. The van der Waals surface area contributed by atoms with Crippen molar-refractivity contribution in [2.45, 2.75) is 5.54 Å². The lowest BCUT2D eigenvalue weighted by Gasteiger charge is -2.29. The second-order valence-corrected chi connectivity index (χ2v) is 2.76. The molecule has 0 fully saturated rings. The van der Waals surface area contributed by atoms with Crippen LogP contribution in [0, 0.1) is 0 Å². The van der Waals surface area contributed by atoms with Crippen LogP contribution in [-0.4, -0.2) is 45.8 Å². The standard InChI is InChI=1S/C5H13N3O3S/c6-8-4(12)7-5(1-9,2-10)3-11/h9-11H,1-3,6H2,(H2,7,8,12). The van der Waals surface area contributed by atoms with E-state index in [1.807, 2.05) is 0 Å². The van der Waals surface area contributed by atoms with Gasteiger partial charge in [-0.25, -0.2) is 5.84 Å². The highest BCUT2D eigenvalue weighted by atomic mass is 32.1. The van der Waals surface area contributed by atoms with Gasteiger partial charge in [-0.15, -0.1) is 0 Å². The smallest absolute Gasteiger partial charge is 0.181 e. The minimum Gasteiger partial charge on any atom is -0.394 e. The van der Waals surface area contributed by atoms with Gasteiger partial charge >= 0.3 is 0 Å². The summed E-state index contributed by atoms with van der Waals surface area (Å²) in [5.74, 6) is 4.94. The molecule has 12 heavy (non-hydrogen) atoms. The fourth-order valence-electron chi connectivity index (χ4n) is 0.546. The van der Waals surface area contributed by atoms with E-state index in [0.29, 0.717) is 0 Å². The van der Waals surface area contributed by atoms with Crippen LogP contribution in [0.2, 0.25) is 0 Å². The van der Waals surface area contributed by atoms with Crippen LogP contribution in [0.25, 0.3) is 0 Å². The Morgan fingerprint density at radius 1 is 1.25 bits per heavy atom. The van der Waals surface area contributed by atoms with Crippen LogP contribution in [0.5, 0.6) is 0 Å². The van der Waals surface area contributed by atoms with E-state index in [0.717, 1.165) is 0 Å². The number of hydrogen-bond donors (Lipinski definition) is 6. The predicted octanol–water partition coefficient (Wildman–Crippen LogP) is -2.96. The molecule has 7 N–H and O–H groups in total. The lowest BCUT2D eigenvalue weighted by molar-refractivity contribution is 0.0557. The molecule has 0 aliphatic carbocycles. The number of aliphatic hydroxyl groups excluding tert-OH is 3. The summed E-state index contributed by atoms with van der Waals surface area (Å²) in [5.41, 5.74) is 0.891. The van der Waals surface area contributed by atoms with Crippen LogP contribution < -0.4 is 16.6 Å². The molecule has 0 heterocycles. The Kier molecular flexibility index (Phi) is 5.02. The molecule has 0 aliphatic heterocycles. The van der Waals surface area contributed by atoms with Gasteiger partial charge in [-0.1, -0.05) is 0 Å². The Labute approximate surface area is 75.4 Å². The Morgan fingerprint density at radius 2 is 1.67 bits per heavy atom. The summed E-state index contributed by atoms with van der Waals surface area (Å²) in [6.07, 6.45) is 0. The molecule has 0 aliphatic rings. The summed E-state index contributed by atoms with van der Waals surface area (Å²) in [6, 6.07) is 0. The molecule has 0 amide bonds. The molecule has 72 valence electrons. The maximum absolute atomic E-state index is 8.81. The number of rotatable bonds is 4. The first-order valence-electron chi connectivity index (χ1n) is 3.25. The zero-order valence-electron chi connectivity index (χ0n) is 6.45. The summed E-state index contributed by atoms with van der Waals surface area (Å²) >= 11 is 4.62. The van der Waals surface area contributed by atoms with E-state index in [1.165, 1.54) is 0 Å². The van der Waals surface area contributed by atoms with Crippen molar-refractivity contribution in [3.8, 4) is 0 Å². The Morgan fingerprint density at radius 3 is 1.92 bits per heavy atom. The van der Waals surface area contributed by atoms with Crippen LogP contribution in [0.15, 0.2) is 0 Å². The second-order valence-electron chi connectivity index (χ2n) is 2.35. The van der Waals surface area contributed by atoms with Gasteiger partial charge in [0.2, 0.25) is 0 Å². The van der Waals surface area contributed by atoms with E-state index in [1.54, 1.807) is 0 Å². The number of aliphatic hydroxyl groups is 3. The molecule has 0 radical (unpaired) electrons. The van der Waals surface area contributed by atoms with Crippen molar-refractivity contribution in [3.05, 3.63) is 0 Å². The third-order valence-electron chi connectivity index (χ3n) is 1.42. The molecule has 0 aromatic rings. The highest BCUT2D eigenvalue weighted by Crippen LogP contribution is 2.00. The summed E-state index contributed by atoms with van der Waals surface area (Å²) in [7, 11) is 0. The molecule has 0 spiro atoms. The zero-order valence-corrected chi connectivity index (χ0v) is 7.27. The van der Waals surface area contributed by atoms with Crippen LogP contribution >= 0.6 is 12.2 Å². The molecule has 0 saturated heterocycles.